The van der Waals surface area contributed by atoms with Gasteiger partial charge in [0, 0.05) is 30.3 Å². The van der Waals surface area contributed by atoms with Crippen LogP contribution in [0.2, 0.25) is 0 Å². The van der Waals surface area contributed by atoms with Crippen LogP contribution in [0, 0.1) is 10.1 Å². The van der Waals surface area contributed by atoms with Gasteiger partial charge in [-0.25, -0.2) is 13.8 Å². The highest BCUT2D eigenvalue weighted by Gasteiger charge is 2.21. The van der Waals surface area contributed by atoms with Crippen molar-refractivity contribution in [2.45, 2.75) is 11.8 Å². The highest BCUT2D eigenvalue weighted by molar-refractivity contribution is 7.92. The van der Waals surface area contributed by atoms with Crippen molar-refractivity contribution in [3.63, 3.8) is 0 Å². The fraction of sp³-hybridized carbons (Fsp3) is 0.0909. The van der Waals surface area contributed by atoms with Gasteiger partial charge in [0.05, 0.1) is 21.2 Å². The van der Waals surface area contributed by atoms with E-state index in [4.69, 9.17) is 0 Å². The molecule has 0 aliphatic rings. The smallest absolute Gasteiger partial charge is 0.269 e. The number of carbonyl (C=O) groups is 1. The molecule has 0 bridgehead atoms. The zero-order valence-electron chi connectivity index (χ0n) is 17.3. The lowest BCUT2D eigenvalue weighted by Gasteiger charge is -2.19. The van der Waals surface area contributed by atoms with Gasteiger partial charge >= 0.3 is 0 Å². The number of benzene rings is 3. The van der Waals surface area contributed by atoms with E-state index < -0.39 is 20.9 Å². The minimum absolute atomic E-state index is 0.0754. The van der Waals surface area contributed by atoms with Gasteiger partial charge in [0.15, 0.2) is 0 Å². The molecular formula is C22H20N4O5S. The second kappa shape index (κ2) is 9.40. The first-order valence-electron chi connectivity index (χ1n) is 9.43. The van der Waals surface area contributed by atoms with Gasteiger partial charge in [-0.2, -0.15) is 5.10 Å². The molecule has 0 spiro atoms. The van der Waals surface area contributed by atoms with Gasteiger partial charge in [-0.3, -0.25) is 19.2 Å². The van der Waals surface area contributed by atoms with E-state index in [-0.39, 0.29) is 16.1 Å². The van der Waals surface area contributed by atoms with Crippen molar-refractivity contribution in [3.05, 3.63) is 100 Å². The third-order valence-corrected chi connectivity index (χ3v) is 6.49. The molecule has 10 heteroatoms. The summed E-state index contributed by atoms with van der Waals surface area (Å²) in [4.78, 5) is 23.0. The van der Waals surface area contributed by atoms with Crippen LogP contribution in [0.1, 0.15) is 22.8 Å². The standard InChI is InChI=1S/C22H20N4O5S/c1-16(18-7-6-8-20(15-18)26(28)29)23-24-22(27)17-11-13-19(14-12-17)25(2)32(30,31)21-9-4-3-5-10-21/h3-15H,1-2H3,(H,24,27)/b23-16+. The molecule has 3 aromatic rings. The van der Waals surface area contributed by atoms with Crippen molar-refractivity contribution in [3.8, 4) is 0 Å². The Bertz CT molecular complexity index is 1270. The molecule has 9 nitrogen and oxygen atoms in total. The molecule has 0 aromatic heterocycles. The molecule has 3 aromatic carbocycles. The maximum absolute atomic E-state index is 12.7. The summed E-state index contributed by atoms with van der Waals surface area (Å²) in [5.74, 6) is -0.505. The summed E-state index contributed by atoms with van der Waals surface area (Å²) in [7, 11) is -2.29. The molecule has 0 saturated heterocycles. The van der Waals surface area contributed by atoms with E-state index in [0.717, 1.165) is 4.31 Å². The molecule has 1 amide bonds. The van der Waals surface area contributed by atoms with E-state index >= 15 is 0 Å². The minimum Gasteiger partial charge on any atom is -0.269 e. The number of anilines is 1. The predicted molar refractivity (Wildman–Crippen MR) is 121 cm³/mol. The molecule has 0 aliphatic carbocycles. The van der Waals surface area contributed by atoms with Crippen molar-refractivity contribution in [2.75, 3.05) is 11.4 Å². The van der Waals surface area contributed by atoms with E-state index in [1.54, 1.807) is 31.2 Å². The Morgan fingerprint density at radius 3 is 2.25 bits per heavy atom. The van der Waals surface area contributed by atoms with Gasteiger partial charge in [-0.15, -0.1) is 0 Å². The van der Waals surface area contributed by atoms with Crippen molar-refractivity contribution in [1.29, 1.82) is 0 Å². The SMILES string of the molecule is C/C(=N\NC(=O)c1ccc(N(C)S(=O)(=O)c2ccccc2)cc1)c1cccc([N+](=O)[O-])c1. The Balaban J connectivity index is 1.72. The van der Waals surface area contributed by atoms with E-state index in [9.17, 15) is 23.3 Å². The minimum atomic E-state index is -3.72. The summed E-state index contributed by atoms with van der Waals surface area (Å²) < 4.78 is 26.6. The molecule has 0 saturated carbocycles. The third kappa shape index (κ3) is 4.98. The highest BCUT2D eigenvalue weighted by atomic mass is 32.2. The first-order chi connectivity index (χ1) is 15.2. The molecule has 0 fully saturated rings. The van der Waals surface area contributed by atoms with Gasteiger partial charge in [-0.05, 0) is 43.3 Å². The number of nitro groups is 1. The summed E-state index contributed by atoms with van der Waals surface area (Å²) in [6.45, 7) is 1.62. The van der Waals surface area contributed by atoms with Gasteiger partial charge in [0.1, 0.15) is 0 Å². The number of rotatable bonds is 7. The summed E-state index contributed by atoms with van der Waals surface area (Å²) in [5.41, 5.74) is 3.88. The zero-order valence-corrected chi connectivity index (χ0v) is 18.1. The fourth-order valence-corrected chi connectivity index (χ4v) is 4.04. The zero-order chi connectivity index (χ0) is 23.3. The Morgan fingerprint density at radius 1 is 0.969 bits per heavy atom. The molecule has 164 valence electrons. The molecule has 0 aliphatic heterocycles. The third-order valence-electron chi connectivity index (χ3n) is 4.69. The van der Waals surface area contributed by atoms with E-state index in [2.05, 4.69) is 10.5 Å². The Hall–Kier alpha value is -4.05. The molecular weight excluding hydrogens is 432 g/mol. The molecule has 3 rings (SSSR count). The van der Waals surface area contributed by atoms with Crippen LogP contribution < -0.4 is 9.73 Å². The Kier molecular flexibility index (Phi) is 6.64. The summed E-state index contributed by atoms with van der Waals surface area (Å²) >= 11 is 0. The number of hydrogen-bond donors (Lipinski definition) is 1. The lowest BCUT2D eigenvalue weighted by atomic mass is 10.1. The second-order valence-corrected chi connectivity index (χ2v) is 8.75. The Labute approximate surface area is 185 Å². The maximum atomic E-state index is 12.7. The molecule has 0 unspecified atom stereocenters. The predicted octanol–water partition coefficient (Wildman–Crippen LogP) is 3.57. The molecule has 0 heterocycles. The largest absolute Gasteiger partial charge is 0.271 e. The normalized spacial score (nSPS) is 11.6. The van der Waals surface area contributed by atoms with Crippen LogP contribution in [-0.2, 0) is 10.0 Å². The lowest BCUT2D eigenvalue weighted by Crippen LogP contribution is -2.26. The average molecular weight is 452 g/mol. The monoisotopic (exact) mass is 452 g/mol. The highest BCUT2D eigenvalue weighted by Crippen LogP contribution is 2.22. The van der Waals surface area contributed by atoms with Gasteiger partial charge in [0.25, 0.3) is 21.6 Å². The maximum Gasteiger partial charge on any atom is 0.271 e. The van der Waals surface area contributed by atoms with Crippen LogP contribution in [0.15, 0.2) is 88.9 Å². The number of carbonyl (C=O) groups excluding carboxylic acids is 1. The van der Waals surface area contributed by atoms with Crippen molar-refractivity contribution < 1.29 is 18.1 Å². The molecule has 1 N–H and O–H groups in total. The number of nitrogens with zero attached hydrogens (tertiary/aromatic N) is 3. The van der Waals surface area contributed by atoms with Gasteiger partial charge in [0.2, 0.25) is 0 Å². The van der Waals surface area contributed by atoms with Crippen LogP contribution in [0.4, 0.5) is 11.4 Å². The van der Waals surface area contributed by atoms with Crippen LogP contribution in [0.5, 0.6) is 0 Å². The van der Waals surface area contributed by atoms with Crippen molar-refractivity contribution in [1.82, 2.24) is 5.43 Å². The molecule has 32 heavy (non-hydrogen) atoms. The number of nitrogens with one attached hydrogen (secondary N) is 1. The molecule has 0 radical (unpaired) electrons. The fourth-order valence-electron chi connectivity index (χ4n) is 2.82. The van der Waals surface area contributed by atoms with Crippen LogP contribution in [-0.4, -0.2) is 32.0 Å². The van der Waals surface area contributed by atoms with E-state index in [1.807, 2.05) is 0 Å². The van der Waals surface area contributed by atoms with E-state index in [1.165, 1.54) is 61.6 Å². The second-order valence-electron chi connectivity index (χ2n) is 6.78. The quantitative estimate of drug-likeness (QED) is 0.334. The molecule has 0 atom stereocenters. The Morgan fingerprint density at radius 2 is 1.62 bits per heavy atom. The van der Waals surface area contributed by atoms with Crippen molar-refractivity contribution >= 4 is 33.0 Å². The summed E-state index contributed by atoms with van der Waals surface area (Å²) in [6.07, 6.45) is 0. The number of hydrazone groups is 1. The van der Waals surface area contributed by atoms with E-state index in [0.29, 0.717) is 17.0 Å². The van der Waals surface area contributed by atoms with Gasteiger partial charge < -0.3 is 0 Å². The van der Waals surface area contributed by atoms with Crippen LogP contribution in [0.25, 0.3) is 0 Å². The first-order valence-corrected chi connectivity index (χ1v) is 10.9. The van der Waals surface area contributed by atoms with Crippen LogP contribution >= 0.6 is 0 Å². The number of nitro benzene ring substituents is 1. The van der Waals surface area contributed by atoms with Crippen molar-refractivity contribution in [2.24, 2.45) is 5.10 Å². The lowest BCUT2D eigenvalue weighted by molar-refractivity contribution is -0.384. The average Bonchev–Trinajstić information content (AvgIpc) is 2.82. The number of non-ortho nitro benzene ring substituents is 1. The number of amides is 1. The number of hydrogen-bond acceptors (Lipinski definition) is 6. The topological polar surface area (TPSA) is 122 Å². The summed E-state index contributed by atoms with van der Waals surface area (Å²) in [6, 6.07) is 20.0. The summed E-state index contributed by atoms with van der Waals surface area (Å²) in [5, 5.41) is 14.9. The van der Waals surface area contributed by atoms with Gasteiger partial charge in [-0.1, -0.05) is 30.3 Å². The number of sulfonamides is 1. The van der Waals surface area contributed by atoms with Crippen LogP contribution in [0.3, 0.4) is 0 Å². The first kappa shape index (κ1) is 22.6.